The van der Waals surface area contributed by atoms with Gasteiger partial charge in [-0.1, -0.05) is 6.07 Å². The van der Waals surface area contributed by atoms with Crippen LogP contribution in [0, 0.1) is 0 Å². The molecule has 23 heavy (non-hydrogen) atoms. The molecular weight excluding hydrogens is 288 g/mol. The number of nitrogens with zero attached hydrogens (tertiary/aromatic N) is 1. The van der Waals surface area contributed by atoms with Crippen LogP contribution in [0.3, 0.4) is 0 Å². The number of carbonyl (C=O) groups is 1. The number of rotatable bonds is 3. The number of ketones is 1. The molecule has 1 aliphatic carbocycles. The largest absolute Gasteiger partial charge is 0.493 e. The standard InChI is InChI=1S/C17H20B2NO3/c1-20-9-8-15(7-6-14(21)16(18)17(15,20)19-16)11-4-5-12(22-2)13(10-11)23-3/h4-5,10H,6-9H2,1-3H3. The van der Waals surface area contributed by atoms with E-state index >= 15 is 0 Å². The molecule has 117 valence electrons. The first-order chi connectivity index (χ1) is 10.9. The molecule has 1 spiro atoms. The maximum Gasteiger partial charge on any atom is 0.161 e. The van der Waals surface area contributed by atoms with Crippen LogP contribution in [0.4, 0.5) is 0 Å². The Bertz CT molecular complexity index is 696. The lowest BCUT2D eigenvalue weighted by atomic mass is 9.57. The fraction of sp³-hybridized carbons (Fsp3) is 0.588. The van der Waals surface area contributed by atoms with Gasteiger partial charge in [-0.05, 0) is 54.8 Å². The minimum Gasteiger partial charge on any atom is -0.493 e. The number of ether oxygens (including phenoxy) is 2. The number of methoxy groups -OCH3 is 2. The van der Waals surface area contributed by atoms with Gasteiger partial charge in [0, 0.05) is 11.8 Å². The van der Waals surface area contributed by atoms with Crippen LogP contribution in [0.2, 0.25) is 5.21 Å². The van der Waals surface area contributed by atoms with Crippen molar-refractivity contribution in [2.24, 2.45) is 0 Å². The fourth-order valence-electron chi connectivity index (χ4n) is 5.13. The van der Waals surface area contributed by atoms with Crippen LogP contribution in [0.5, 0.6) is 11.5 Å². The Kier molecular flexibility index (Phi) is 3.00. The highest BCUT2D eigenvalue weighted by Gasteiger charge is 2.81. The molecule has 0 bridgehead atoms. The number of carbonyl (C=O) groups excluding carboxylic acids is 1. The zero-order chi connectivity index (χ0) is 16.5. The van der Waals surface area contributed by atoms with Gasteiger partial charge in [0.25, 0.3) is 0 Å². The van der Waals surface area contributed by atoms with Crippen molar-refractivity contribution in [1.29, 1.82) is 0 Å². The van der Waals surface area contributed by atoms with Crippen molar-refractivity contribution in [3.63, 3.8) is 0 Å². The summed E-state index contributed by atoms with van der Waals surface area (Å²) in [6.07, 6.45) is 2.37. The normalized spacial score (nSPS) is 38.5. The molecule has 1 aromatic carbocycles. The quantitative estimate of drug-likeness (QED) is 0.790. The average molecular weight is 308 g/mol. The van der Waals surface area contributed by atoms with E-state index in [0.29, 0.717) is 6.42 Å². The Labute approximate surface area is 139 Å². The highest BCUT2D eigenvalue weighted by Crippen LogP contribution is 2.73. The lowest BCUT2D eigenvalue weighted by molar-refractivity contribution is -0.122. The van der Waals surface area contributed by atoms with Crippen molar-refractivity contribution < 1.29 is 14.3 Å². The Morgan fingerprint density at radius 2 is 1.96 bits per heavy atom. The maximum atomic E-state index is 12.4. The molecule has 0 amide bonds. The van der Waals surface area contributed by atoms with Crippen LogP contribution in [0.15, 0.2) is 18.2 Å². The summed E-state index contributed by atoms with van der Waals surface area (Å²) in [4.78, 5) is 14.7. The molecule has 2 aliphatic heterocycles. The summed E-state index contributed by atoms with van der Waals surface area (Å²) in [5.41, 5.74) is 0.717. The molecule has 3 unspecified atom stereocenters. The average Bonchev–Trinajstić information content (AvgIpc) is 3.14. The molecule has 6 heteroatoms. The maximum absolute atomic E-state index is 12.4. The van der Waals surface area contributed by atoms with Gasteiger partial charge >= 0.3 is 0 Å². The Balaban J connectivity index is 1.86. The van der Waals surface area contributed by atoms with E-state index in [1.165, 1.54) is 5.56 Å². The SMILES string of the molecule is [B]C12[B]C13N(C)CCC3(c1ccc(OC)c(OC)c1)CCC2=O. The van der Waals surface area contributed by atoms with Gasteiger partial charge in [-0.2, -0.15) is 0 Å². The van der Waals surface area contributed by atoms with E-state index in [0.717, 1.165) is 30.9 Å². The van der Waals surface area contributed by atoms with Crippen molar-refractivity contribution in [3.05, 3.63) is 23.8 Å². The van der Waals surface area contributed by atoms with E-state index < -0.39 is 5.21 Å². The molecule has 1 aromatic rings. The molecule has 3 radical (unpaired) electrons. The van der Waals surface area contributed by atoms with Crippen LogP contribution in [0.1, 0.15) is 24.8 Å². The second kappa shape index (κ2) is 4.56. The summed E-state index contributed by atoms with van der Waals surface area (Å²) in [5.74, 6) is 1.62. The Morgan fingerprint density at radius 3 is 2.65 bits per heavy atom. The summed E-state index contributed by atoms with van der Waals surface area (Å²) >= 11 is 0. The molecule has 3 fully saturated rings. The third-order valence-corrected chi connectivity index (χ3v) is 6.37. The molecule has 3 aliphatic rings. The Morgan fingerprint density at radius 1 is 1.22 bits per heavy atom. The minimum absolute atomic E-state index is 0.121. The number of benzene rings is 1. The monoisotopic (exact) mass is 308 g/mol. The molecular formula is C17H20B2NO3. The van der Waals surface area contributed by atoms with E-state index in [9.17, 15) is 4.79 Å². The molecule has 3 atom stereocenters. The predicted molar refractivity (Wildman–Crippen MR) is 89.6 cm³/mol. The van der Waals surface area contributed by atoms with Crippen molar-refractivity contribution >= 4 is 20.9 Å². The molecule has 1 saturated carbocycles. The number of hydrogen-bond donors (Lipinski definition) is 0. The lowest BCUT2D eigenvalue weighted by Crippen LogP contribution is -2.51. The molecule has 2 saturated heterocycles. The number of Topliss-reactive ketones (excluding diaryl/α,β-unsaturated/α-hetero) is 1. The summed E-state index contributed by atoms with van der Waals surface area (Å²) < 4.78 is 10.8. The van der Waals surface area contributed by atoms with Gasteiger partial charge in [0.05, 0.1) is 22.1 Å². The molecule has 4 nitrogen and oxygen atoms in total. The highest BCUT2D eigenvalue weighted by molar-refractivity contribution is 6.80. The van der Waals surface area contributed by atoms with E-state index in [2.05, 4.69) is 31.4 Å². The minimum atomic E-state index is -0.802. The summed E-state index contributed by atoms with van der Waals surface area (Å²) in [6.45, 7) is 0.942. The number of likely N-dealkylation sites (tertiary alicyclic amines) is 1. The van der Waals surface area contributed by atoms with Crippen molar-refractivity contribution in [1.82, 2.24) is 4.90 Å². The first-order valence-electron chi connectivity index (χ1n) is 8.08. The summed E-state index contributed by atoms with van der Waals surface area (Å²) in [5, 5.41) is -0.802. The molecule has 2 heterocycles. The summed E-state index contributed by atoms with van der Waals surface area (Å²) in [7, 11) is 13.9. The van der Waals surface area contributed by atoms with Crippen LogP contribution in [-0.2, 0) is 10.2 Å². The van der Waals surface area contributed by atoms with Crippen LogP contribution < -0.4 is 9.47 Å². The van der Waals surface area contributed by atoms with Crippen LogP contribution >= 0.6 is 0 Å². The predicted octanol–water partition coefficient (Wildman–Crippen LogP) is 1.34. The third-order valence-electron chi connectivity index (χ3n) is 6.37. The van der Waals surface area contributed by atoms with Gasteiger partial charge in [0.2, 0.25) is 0 Å². The first-order valence-corrected chi connectivity index (χ1v) is 8.08. The third kappa shape index (κ3) is 1.56. The lowest BCUT2D eigenvalue weighted by Gasteiger charge is -2.46. The molecule has 0 N–H and O–H groups in total. The van der Waals surface area contributed by atoms with Gasteiger partial charge in [0.15, 0.2) is 11.5 Å². The second-order valence-corrected chi connectivity index (χ2v) is 7.03. The fourth-order valence-corrected chi connectivity index (χ4v) is 5.13. The van der Waals surface area contributed by atoms with E-state index in [1.807, 2.05) is 6.07 Å². The van der Waals surface area contributed by atoms with E-state index in [4.69, 9.17) is 17.3 Å². The van der Waals surface area contributed by atoms with Gasteiger partial charge in [0.1, 0.15) is 13.1 Å². The highest BCUT2D eigenvalue weighted by atomic mass is 16.5. The van der Waals surface area contributed by atoms with Gasteiger partial charge in [-0.3, -0.25) is 0 Å². The number of likely N-dealkylation sites (N-methyl/N-ethyl adjacent to an activating group) is 1. The van der Waals surface area contributed by atoms with Gasteiger partial charge in [-0.25, -0.2) is 0 Å². The van der Waals surface area contributed by atoms with Crippen molar-refractivity contribution in [2.75, 3.05) is 27.8 Å². The van der Waals surface area contributed by atoms with Crippen LogP contribution in [-0.4, -0.2) is 59.1 Å². The van der Waals surface area contributed by atoms with Gasteiger partial charge < -0.3 is 19.2 Å². The van der Waals surface area contributed by atoms with Crippen molar-refractivity contribution in [3.8, 4) is 11.5 Å². The second-order valence-electron chi connectivity index (χ2n) is 7.03. The molecule has 0 aromatic heterocycles. The van der Waals surface area contributed by atoms with Crippen LogP contribution in [0.25, 0.3) is 0 Å². The Hall–Kier alpha value is -1.42. The smallest absolute Gasteiger partial charge is 0.161 e. The first kappa shape index (κ1) is 15.1. The zero-order valence-corrected chi connectivity index (χ0v) is 13.9. The van der Waals surface area contributed by atoms with Crippen molar-refractivity contribution in [2.45, 2.75) is 35.3 Å². The summed E-state index contributed by atoms with van der Waals surface area (Å²) in [6, 6.07) is 6.11. The molecule has 4 rings (SSSR count). The van der Waals surface area contributed by atoms with E-state index in [-0.39, 0.29) is 16.6 Å². The number of hydrogen-bond acceptors (Lipinski definition) is 4. The van der Waals surface area contributed by atoms with E-state index in [1.54, 1.807) is 14.2 Å². The zero-order valence-electron chi connectivity index (χ0n) is 13.9. The topological polar surface area (TPSA) is 38.8 Å². The van der Waals surface area contributed by atoms with Gasteiger partial charge in [-0.15, -0.1) is 0 Å².